The van der Waals surface area contributed by atoms with Gasteiger partial charge in [-0.25, -0.2) is 0 Å². The fourth-order valence-corrected chi connectivity index (χ4v) is 2.16. The van der Waals surface area contributed by atoms with Crippen LogP contribution in [0.15, 0.2) is 79.1 Å². The molecule has 1 amide bonds. The molecule has 1 aromatic heterocycles. The summed E-state index contributed by atoms with van der Waals surface area (Å²) in [4.78, 5) is 28.3. The molecule has 0 radical (unpaired) electrons. The molecule has 0 saturated carbocycles. The van der Waals surface area contributed by atoms with E-state index in [1.54, 1.807) is 54.7 Å². The zero-order chi connectivity index (χ0) is 16.1. The first-order valence-corrected chi connectivity index (χ1v) is 7.15. The first kappa shape index (κ1) is 14.7. The molecular weight excluding hydrogens is 288 g/mol. The normalized spacial score (nSPS) is 10.1. The Balaban J connectivity index is 1.73. The van der Waals surface area contributed by atoms with E-state index in [0.29, 0.717) is 22.4 Å². The van der Waals surface area contributed by atoms with Crippen LogP contribution in [0.3, 0.4) is 0 Å². The minimum atomic E-state index is -0.236. The van der Waals surface area contributed by atoms with Gasteiger partial charge in [-0.15, -0.1) is 0 Å². The van der Waals surface area contributed by atoms with E-state index in [9.17, 15) is 9.59 Å². The predicted octanol–water partition coefficient (Wildman–Crippen LogP) is 3.56. The molecule has 4 nitrogen and oxygen atoms in total. The lowest BCUT2D eigenvalue weighted by molar-refractivity contribution is 0.102. The van der Waals surface area contributed by atoms with Gasteiger partial charge in [0.1, 0.15) is 0 Å². The number of nitrogens with one attached hydrogen (secondary N) is 1. The van der Waals surface area contributed by atoms with Crippen molar-refractivity contribution in [2.75, 3.05) is 5.32 Å². The van der Waals surface area contributed by atoms with Crippen molar-refractivity contribution in [3.63, 3.8) is 0 Å². The van der Waals surface area contributed by atoms with Gasteiger partial charge in [-0.2, -0.15) is 0 Å². The van der Waals surface area contributed by atoms with E-state index in [4.69, 9.17) is 0 Å². The Morgan fingerprint density at radius 1 is 0.739 bits per heavy atom. The second-order valence-electron chi connectivity index (χ2n) is 4.97. The van der Waals surface area contributed by atoms with Crippen LogP contribution in [-0.4, -0.2) is 16.7 Å². The van der Waals surface area contributed by atoms with E-state index in [2.05, 4.69) is 10.3 Å². The van der Waals surface area contributed by atoms with Gasteiger partial charge in [0.05, 0.1) is 5.56 Å². The van der Waals surface area contributed by atoms with Crippen molar-refractivity contribution in [2.24, 2.45) is 0 Å². The van der Waals surface area contributed by atoms with Crippen LogP contribution in [-0.2, 0) is 0 Å². The number of rotatable bonds is 4. The minimum Gasteiger partial charge on any atom is -0.322 e. The van der Waals surface area contributed by atoms with Gasteiger partial charge >= 0.3 is 0 Å². The summed E-state index contributed by atoms with van der Waals surface area (Å²) in [5, 5.41) is 2.77. The number of ketones is 1. The zero-order valence-electron chi connectivity index (χ0n) is 12.3. The first-order chi connectivity index (χ1) is 11.2. The molecule has 0 aliphatic heterocycles. The number of hydrogen-bond acceptors (Lipinski definition) is 3. The largest absolute Gasteiger partial charge is 0.322 e. The molecule has 3 aromatic rings. The van der Waals surface area contributed by atoms with Gasteiger partial charge in [-0.1, -0.05) is 30.3 Å². The van der Waals surface area contributed by atoms with Gasteiger partial charge in [0, 0.05) is 29.2 Å². The number of aromatic nitrogens is 1. The molecule has 0 fully saturated rings. The molecule has 23 heavy (non-hydrogen) atoms. The average molecular weight is 302 g/mol. The van der Waals surface area contributed by atoms with Crippen LogP contribution in [0.4, 0.5) is 5.69 Å². The van der Waals surface area contributed by atoms with Gasteiger partial charge < -0.3 is 5.32 Å². The monoisotopic (exact) mass is 302 g/mol. The van der Waals surface area contributed by atoms with Crippen molar-refractivity contribution >= 4 is 17.4 Å². The second-order valence-corrected chi connectivity index (χ2v) is 4.97. The first-order valence-electron chi connectivity index (χ1n) is 7.15. The maximum absolute atomic E-state index is 12.3. The Bertz CT molecular complexity index is 813. The van der Waals surface area contributed by atoms with E-state index < -0.39 is 0 Å². The minimum absolute atomic E-state index is 0.0456. The molecule has 0 atom stereocenters. The molecule has 0 spiro atoms. The summed E-state index contributed by atoms with van der Waals surface area (Å²) >= 11 is 0. The van der Waals surface area contributed by atoms with Crippen LogP contribution in [0.25, 0.3) is 0 Å². The number of carbonyl (C=O) groups excluding carboxylic acids is 2. The number of pyridine rings is 1. The third-order valence-corrected chi connectivity index (χ3v) is 3.36. The highest BCUT2D eigenvalue weighted by Gasteiger charge is 2.09. The van der Waals surface area contributed by atoms with E-state index in [-0.39, 0.29) is 11.7 Å². The summed E-state index contributed by atoms with van der Waals surface area (Å²) in [6.07, 6.45) is 3.11. The highest BCUT2D eigenvalue weighted by Crippen LogP contribution is 2.14. The van der Waals surface area contributed by atoms with E-state index in [0.717, 1.165) is 0 Å². The molecule has 0 bridgehead atoms. The van der Waals surface area contributed by atoms with Crippen molar-refractivity contribution < 1.29 is 9.59 Å². The van der Waals surface area contributed by atoms with Crippen LogP contribution >= 0.6 is 0 Å². The maximum Gasteiger partial charge on any atom is 0.257 e. The fraction of sp³-hybridized carbons (Fsp3) is 0. The molecule has 1 heterocycles. The van der Waals surface area contributed by atoms with Crippen molar-refractivity contribution in [3.05, 3.63) is 95.8 Å². The summed E-state index contributed by atoms with van der Waals surface area (Å²) in [7, 11) is 0. The quantitative estimate of drug-likeness (QED) is 0.750. The molecule has 4 heteroatoms. The molecule has 1 N–H and O–H groups in total. The SMILES string of the molecule is O=C(Nc1ccc(C(=O)c2ccccc2)cc1)c1cccnc1. The highest BCUT2D eigenvalue weighted by atomic mass is 16.1. The summed E-state index contributed by atoms with van der Waals surface area (Å²) in [5.41, 5.74) is 2.33. The average Bonchev–Trinajstić information content (AvgIpc) is 2.63. The lowest BCUT2D eigenvalue weighted by atomic mass is 10.0. The molecular formula is C19H14N2O2. The standard InChI is InChI=1S/C19H14N2O2/c22-18(14-5-2-1-3-6-14)15-8-10-17(11-9-15)21-19(23)16-7-4-12-20-13-16/h1-13H,(H,21,23). The maximum atomic E-state index is 12.3. The number of hydrogen-bond donors (Lipinski definition) is 1. The molecule has 0 unspecified atom stereocenters. The summed E-state index contributed by atoms with van der Waals surface area (Å²) in [5.74, 6) is -0.282. The fourth-order valence-electron chi connectivity index (χ4n) is 2.16. The van der Waals surface area contributed by atoms with Crippen LogP contribution in [0, 0.1) is 0 Å². The number of nitrogens with zero attached hydrogens (tertiary/aromatic N) is 1. The van der Waals surface area contributed by atoms with Gasteiger partial charge in [0.25, 0.3) is 5.91 Å². The summed E-state index contributed by atoms with van der Waals surface area (Å²) in [6.45, 7) is 0. The van der Waals surface area contributed by atoms with E-state index >= 15 is 0 Å². The predicted molar refractivity (Wildman–Crippen MR) is 88.5 cm³/mol. The highest BCUT2D eigenvalue weighted by molar-refractivity contribution is 6.09. The Morgan fingerprint density at radius 2 is 1.39 bits per heavy atom. The molecule has 3 rings (SSSR count). The molecule has 0 aliphatic rings. The third-order valence-electron chi connectivity index (χ3n) is 3.36. The van der Waals surface area contributed by atoms with Gasteiger partial charge in [0.15, 0.2) is 5.78 Å². The van der Waals surface area contributed by atoms with Crippen molar-refractivity contribution in [2.45, 2.75) is 0 Å². The lowest BCUT2D eigenvalue weighted by Crippen LogP contribution is -2.12. The number of carbonyl (C=O) groups is 2. The number of amides is 1. The van der Waals surface area contributed by atoms with Crippen molar-refractivity contribution in [3.8, 4) is 0 Å². The van der Waals surface area contributed by atoms with Crippen molar-refractivity contribution in [1.29, 1.82) is 0 Å². The van der Waals surface area contributed by atoms with E-state index in [1.165, 1.54) is 6.20 Å². The van der Waals surface area contributed by atoms with Crippen LogP contribution in [0.1, 0.15) is 26.3 Å². The Hall–Kier alpha value is -3.27. The van der Waals surface area contributed by atoms with Gasteiger partial charge in [-0.3, -0.25) is 14.6 Å². The summed E-state index contributed by atoms with van der Waals surface area (Å²) in [6, 6.07) is 19.3. The second kappa shape index (κ2) is 6.66. The topological polar surface area (TPSA) is 59.1 Å². The molecule has 0 saturated heterocycles. The van der Waals surface area contributed by atoms with Gasteiger partial charge in [-0.05, 0) is 36.4 Å². The number of benzene rings is 2. The van der Waals surface area contributed by atoms with Crippen LogP contribution < -0.4 is 5.32 Å². The third kappa shape index (κ3) is 3.49. The zero-order valence-corrected chi connectivity index (χ0v) is 12.3. The number of anilines is 1. The Kier molecular flexibility index (Phi) is 4.25. The summed E-state index contributed by atoms with van der Waals surface area (Å²) < 4.78 is 0. The van der Waals surface area contributed by atoms with Crippen LogP contribution in [0.5, 0.6) is 0 Å². The smallest absolute Gasteiger partial charge is 0.257 e. The molecule has 112 valence electrons. The van der Waals surface area contributed by atoms with E-state index in [1.807, 2.05) is 18.2 Å². The molecule has 2 aromatic carbocycles. The van der Waals surface area contributed by atoms with Gasteiger partial charge in [0.2, 0.25) is 0 Å². The Morgan fingerprint density at radius 3 is 2.04 bits per heavy atom. The van der Waals surface area contributed by atoms with Crippen LogP contribution in [0.2, 0.25) is 0 Å². The molecule has 0 aliphatic carbocycles. The lowest BCUT2D eigenvalue weighted by Gasteiger charge is -2.06. The van der Waals surface area contributed by atoms with Crippen molar-refractivity contribution in [1.82, 2.24) is 4.98 Å². The Labute approximate surface area is 133 Å².